The molecule has 1 amide bonds. The lowest BCUT2D eigenvalue weighted by Crippen LogP contribution is -2.36. The molecule has 0 aliphatic rings. The van der Waals surface area contributed by atoms with Gasteiger partial charge in [0.25, 0.3) is 15.9 Å². The van der Waals surface area contributed by atoms with Gasteiger partial charge in [-0.05, 0) is 35.9 Å². The zero-order valence-electron chi connectivity index (χ0n) is 17.0. The summed E-state index contributed by atoms with van der Waals surface area (Å²) in [7, 11) is -1.03. The number of fused-ring (bicyclic) bond motifs is 1. The standard InChI is InChI=1S/C22H20N4O4S/c1-24-19-9-8-18(14-20(19)25(2)22(24)28)31(29,30)26(15-16-6-4-3-5-7-16)21(27)17-10-12-23-13-11-17/h3-14H,15H2,1-2H3. The number of amides is 1. The fourth-order valence-corrected chi connectivity index (χ4v) is 4.83. The third-order valence-corrected chi connectivity index (χ3v) is 6.88. The van der Waals surface area contributed by atoms with E-state index in [4.69, 9.17) is 0 Å². The zero-order chi connectivity index (χ0) is 22.2. The number of pyridine rings is 1. The van der Waals surface area contributed by atoms with E-state index in [1.54, 1.807) is 44.4 Å². The number of imidazole rings is 1. The van der Waals surface area contributed by atoms with Gasteiger partial charge < -0.3 is 0 Å². The van der Waals surface area contributed by atoms with E-state index in [0.29, 0.717) is 16.6 Å². The van der Waals surface area contributed by atoms with Crippen LogP contribution >= 0.6 is 0 Å². The zero-order valence-corrected chi connectivity index (χ0v) is 17.8. The minimum absolute atomic E-state index is 0.0699. The smallest absolute Gasteiger partial charge is 0.295 e. The highest BCUT2D eigenvalue weighted by Crippen LogP contribution is 2.24. The van der Waals surface area contributed by atoms with Gasteiger partial charge in [-0.15, -0.1) is 0 Å². The molecule has 2 heterocycles. The first-order valence-corrected chi connectivity index (χ1v) is 10.9. The number of sulfonamides is 1. The molecule has 0 unspecified atom stereocenters. The van der Waals surface area contributed by atoms with Crippen molar-refractivity contribution in [2.75, 3.05) is 0 Å². The van der Waals surface area contributed by atoms with Gasteiger partial charge in [0.1, 0.15) is 0 Å². The number of benzene rings is 2. The van der Waals surface area contributed by atoms with E-state index < -0.39 is 15.9 Å². The molecule has 31 heavy (non-hydrogen) atoms. The molecular weight excluding hydrogens is 416 g/mol. The molecule has 2 aromatic heterocycles. The second-order valence-corrected chi connectivity index (χ2v) is 8.95. The summed E-state index contributed by atoms with van der Waals surface area (Å²) in [4.78, 5) is 29.3. The largest absolute Gasteiger partial charge is 0.328 e. The van der Waals surface area contributed by atoms with Crippen molar-refractivity contribution >= 4 is 27.0 Å². The fraction of sp³-hybridized carbons (Fsp3) is 0.136. The van der Waals surface area contributed by atoms with Crippen LogP contribution in [0.3, 0.4) is 0 Å². The molecule has 9 heteroatoms. The second kappa shape index (κ2) is 7.84. The van der Waals surface area contributed by atoms with Crippen LogP contribution in [0.2, 0.25) is 0 Å². The number of aryl methyl sites for hydroxylation is 2. The van der Waals surface area contributed by atoms with Gasteiger partial charge in [0.15, 0.2) is 0 Å². The molecule has 8 nitrogen and oxygen atoms in total. The molecule has 0 spiro atoms. The van der Waals surface area contributed by atoms with Crippen molar-refractivity contribution < 1.29 is 13.2 Å². The maximum atomic E-state index is 13.6. The summed E-state index contributed by atoms with van der Waals surface area (Å²) < 4.78 is 30.8. The van der Waals surface area contributed by atoms with Crippen LogP contribution in [0, 0.1) is 0 Å². The molecule has 4 aromatic rings. The van der Waals surface area contributed by atoms with Crippen LogP contribution < -0.4 is 5.69 Å². The molecule has 0 saturated heterocycles. The number of carbonyl (C=O) groups excluding carboxylic acids is 1. The SMILES string of the molecule is Cn1c(=O)n(C)c2cc(S(=O)(=O)N(Cc3ccccc3)C(=O)c3ccncc3)ccc21. The summed E-state index contributed by atoms with van der Waals surface area (Å²) in [6, 6.07) is 16.2. The molecule has 0 aliphatic carbocycles. The molecule has 2 aromatic carbocycles. The van der Waals surface area contributed by atoms with Gasteiger partial charge in [-0.25, -0.2) is 17.5 Å². The van der Waals surface area contributed by atoms with Crippen molar-refractivity contribution in [3.63, 3.8) is 0 Å². The Bertz CT molecular complexity index is 1430. The summed E-state index contributed by atoms with van der Waals surface area (Å²) in [5.41, 5.74) is 1.68. The summed E-state index contributed by atoms with van der Waals surface area (Å²) >= 11 is 0. The number of nitrogens with zero attached hydrogens (tertiary/aromatic N) is 4. The number of rotatable bonds is 5. The van der Waals surface area contributed by atoms with Crippen LogP contribution in [0.1, 0.15) is 15.9 Å². The number of hydrogen-bond donors (Lipinski definition) is 0. The van der Waals surface area contributed by atoms with Gasteiger partial charge in [0.2, 0.25) is 0 Å². The highest BCUT2D eigenvalue weighted by molar-refractivity contribution is 7.89. The van der Waals surface area contributed by atoms with E-state index >= 15 is 0 Å². The lowest BCUT2D eigenvalue weighted by Gasteiger charge is -2.23. The average molecular weight is 436 g/mol. The maximum absolute atomic E-state index is 13.6. The van der Waals surface area contributed by atoms with E-state index in [1.807, 2.05) is 6.07 Å². The second-order valence-electron chi connectivity index (χ2n) is 7.09. The molecule has 0 aliphatic heterocycles. The van der Waals surface area contributed by atoms with Crippen molar-refractivity contribution in [3.8, 4) is 0 Å². The van der Waals surface area contributed by atoms with E-state index in [-0.39, 0.29) is 22.7 Å². The maximum Gasteiger partial charge on any atom is 0.328 e. The van der Waals surface area contributed by atoms with Gasteiger partial charge in [-0.2, -0.15) is 0 Å². The van der Waals surface area contributed by atoms with E-state index in [1.165, 1.54) is 45.8 Å². The predicted octanol–water partition coefficient (Wildman–Crippen LogP) is 2.30. The molecular formula is C22H20N4O4S. The van der Waals surface area contributed by atoms with Gasteiger partial charge in [0.05, 0.1) is 22.5 Å². The Hall–Kier alpha value is -3.72. The first kappa shape index (κ1) is 20.5. The fourth-order valence-electron chi connectivity index (χ4n) is 3.43. The van der Waals surface area contributed by atoms with Gasteiger partial charge in [-0.1, -0.05) is 30.3 Å². The summed E-state index contributed by atoms with van der Waals surface area (Å²) in [6.45, 7) is -0.129. The highest BCUT2D eigenvalue weighted by Gasteiger charge is 2.31. The molecule has 0 fully saturated rings. The van der Waals surface area contributed by atoms with Crippen LogP contribution in [0.4, 0.5) is 0 Å². The quantitative estimate of drug-likeness (QED) is 0.479. The van der Waals surface area contributed by atoms with E-state index in [9.17, 15) is 18.0 Å². The predicted molar refractivity (Wildman–Crippen MR) is 116 cm³/mol. The molecule has 0 bridgehead atoms. The van der Waals surface area contributed by atoms with Crippen LogP contribution in [-0.4, -0.2) is 32.7 Å². The van der Waals surface area contributed by atoms with Crippen molar-refractivity contribution in [2.45, 2.75) is 11.4 Å². The average Bonchev–Trinajstić information content (AvgIpc) is 3.02. The lowest BCUT2D eigenvalue weighted by molar-refractivity contribution is 0.0854. The van der Waals surface area contributed by atoms with Crippen molar-refractivity contribution in [1.29, 1.82) is 0 Å². The first-order chi connectivity index (χ1) is 14.8. The number of hydrogen-bond acceptors (Lipinski definition) is 5. The molecule has 0 saturated carbocycles. The highest BCUT2D eigenvalue weighted by atomic mass is 32.2. The minimum atomic E-state index is -4.22. The van der Waals surface area contributed by atoms with Crippen LogP contribution in [-0.2, 0) is 30.7 Å². The first-order valence-electron chi connectivity index (χ1n) is 9.47. The monoisotopic (exact) mass is 436 g/mol. The van der Waals surface area contributed by atoms with E-state index in [0.717, 1.165) is 4.31 Å². The molecule has 0 N–H and O–H groups in total. The lowest BCUT2D eigenvalue weighted by atomic mass is 10.2. The van der Waals surface area contributed by atoms with Crippen LogP contribution in [0.15, 0.2) is 82.7 Å². The van der Waals surface area contributed by atoms with Gasteiger partial charge >= 0.3 is 5.69 Å². The Balaban J connectivity index is 1.85. The molecule has 0 atom stereocenters. The Labute approximate surface area is 179 Å². The van der Waals surface area contributed by atoms with Crippen LogP contribution in [0.5, 0.6) is 0 Å². The Kier molecular flexibility index (Phi) is 5.20. The van der Waals surface area contributed by atoms with Crippen molar-refractivity contribution in [3.05, 3.63) is 94.7 Å². The molecule has 4 rings (SSSR count). The van der Waals surface area contributed by atoms with Gasteiger partial charge in [0, 0.05) is 32.1 Å². The number of carbonyl (C=O) groups is 1. The third kappa shape index (κ3) is 3.64. The molecule has 158 valence electrons. The van der Waals surface area contributed by atoms with Crippen molar-refractivity contribution in [2.24, 2.45) is 14.1 Å². The van der Waals surface area contributed by atoms with Crippen LogP contribution in [0.25, 0.3) is 11.0 Å². The summed E-state index contributed by atoms with van der Waals surface area (Å²) in [5.74, 6) is -0.659. The Morgan fingerprint density at radius 1 is 0.935 bits per heavy atom. The van der Waals surface area contributed by atoms with Gasteiger partial charge in [-0.3, -0.25) is 18.9 Å². The Morgan fingerprint density at radius 3 is 2.26 bits per heavy atom. The topological polar surface area (TPSA) is 94.3 Å². The Morgan fingerprint density at radius 2 is 1.58 bits per heavy atom. The number of aromatic nitrogens is 3. The normalized spacial score (nSPS) is 11.5. The third-order valence-electron chi connectivity index (χ3n) is 5.15. The molecule has 0 radical (unpaired) electrons. The van der Waals surface area contributed by atoms with E-state index in [2.05, 4.69) is 4.98 Å². The van der Waals surface area contributed by atoms with Crippen molar-refractivity contribution in [1.82, 2.24) is 18.4 Å². The summed E-state index contributed by atoms with van der Waals surface area (Å²) in [6.07, 6.45) is 2.87. The summed E-state index contributed by atoms with van der Waals surface area (Å²) in [5, 5.41) is 0. The minimum Gasteiger partial charge on any atom is -0.295 e.